The van der Waals surface area contributed by atoms with Crippen molar-refractivity contribution in [2.75, 3.05) is 59.0 Å². The molecule has 0 saturated carbocycles. The fourth-order valence-electron chi connectivity index (χ4n) is 11.0. The van der Waals surface area contributed by atoms with Crippen LogP contribution in [0.25, 0.3) is 23.3 Å². The number of nitrogens with zero attached hydrogens (tertiary/aromatic N) is 10. The van der Waals surface area contributed by atoms with E-state index in [1.807, 2.05) is 132 Å². The van der Waals surface area contributed by atoms with Gasteiger partial charge in [0.1, 0.15) is 16.8 Å². The molecule has 18 heteroatoms. The fraction of sp³-hybridized carbons (Fsp3) is 0.414. The van der Waals surface area contributed by atoms with Crippen LogP contribution in [0.5, 0.6) is 0 Å². The van der Waals surface area contributed by atoms with Crippen molar-refractivity contribution in [3.8, 4) is 0 Å². The molecule has 2 amide bonds. The van der Waals surface area contributed by atoms with E-state index in [1.54, 1.807) is 41.8 Å². The standard InChI is InChI=1S/C29H32ClN5O3.C29H34ClN5O3/c1-28(2,3)38-27(36)35-12-10-34(11-13-35)26-21-8-7-20(30)15-22(21)23(14-19-6-5-9-32-25(19)26)29(17-37-29)24-16-31-18-33(24)4;1-28(2,3)38-27(36)35-13-11-34(12-14-35)26-21-9-8-20(30)16-22(21)23(15-19-7-6-10-32-25(19)26)29(4,37)24-17-31-18-33(24)5/h5-9,14-16,18,26H,10-13,17H2,1-4H3;6-10,15-18,26,37H,11-14H2,1-5H3/t2*26-,29?/m00/s1. The molecule has 7 heterocycles. The molecule has 398 valence electrons. The Hall–Kier alpha value is -6.40. The van der Waals surface area contributed by atoms with E-state index in [1.165, 1.54) is 0 Å². The van der Waals surface area contributed by atoms with E-state index in [4.69, 9.17) is 47.4 Å². The van der Waals surface area contributed by atoms with E-state index in [9.17, 15) is 14.7 Å². The summed E-state index contributed by atoms with van der Waals surface area (Å²) in [6.07, 6.45) is 14.4. The van der Waals surface area contributed by atoms with Crippen LogP contribution in [0.15, 0.2) is 98.1 Å². The number of imidazole rings is 2. The van der Waals surface area contributed by atoms with Crippen LogP contribution in [-0.2, 0) is 39.5 Å². The molecule has 4 atom stereocenters. The molecule has 0 spiro atoms. The van der Waals surface area contributed by atoms with E-state index < -0.39 is 22.4 Å². The lowest BCUT2D eigenvalue weighted by molar-refractivity contribution is 0.0109. The Morgan fingerprint density at radius 2 is 1.13 bits per heavy atom. The third kappa shape index (κ3) is 10.5. The first-order valence-corrected chi connectivity index (χ1v) is 26.5. The maximum atomic E-state index is 12.7. The molecule has 1 N–H and O–H groups in total. The van der Waals surface area contributed by atoms with Crippen LogP contribution in [0.3, 0.4) is 0 Å². The van der Waals surface area contributed by atoms with Gasteiger partial charge >= 0.3 is 12.2 Å². The predicted molar refractivity (Wildman–Crippen MR) is 293 cm³/mol. The molecule has 2 unspecified atom stereocenters. The number of benzene rings is 2. The second-order valence-electron chi connectivity index (χ2n) is 22.3. The van der Waals surface area contributed by atoms with E-state index in [-0.39, 0.29) is 24.3 Å². The van der Waals surface area contributed by atoms with Gasteiger partial charge < -0.3 is 38.3 Å². The van der Waals surface area contributed by atoms with E-state index in [0.717, 1.165) is 61.6 Å². The molecule has 11 rings (SSSR count). The van der Waals surface area contributed by atoms with Gasteiger partial charge in [0.2, 0.25) is 0 Å². The Bertz CT molecular complexity index is 3020. The number of fused-ring (bicyclic) bond motifs is 4. The number of aliphatic hydroxyl groups is 1. The summed E-state index contributed by atoms with van der Waals surface area (Å²) < 4.78 is 21.3. The van der Waals surface area contributed by atoms with Crippen LogP contribution in [0, 0.1) is 0 Å². The highest BCUT2D eigenvalue weighted by Gasteiger charge is 2.54. The summed E-state index contributed by atoms with van der Waals surface area (Å²) in [6.45, 7) is 18.6. The van der Waals surface area contributed by atoms with Gasteiger partial charge in [-0.05, 0) is 136 Å². The minimum Gasteiger partial charge on any atom is -0.444 e. The Morgan fingerprint density at radius 1 is 0.658 bits per heavy atom. The third-order valence-electron chi connectivity index (χ3n) is 14.7. The summed E-state index contributed by atoms with van der Waals surface area (Å²) in [4.78, 5) is 52.0. The summed E-state index contributed by atoms with van der Waals surface area (Å²) in [7, 11) is 3.86. The van der Waals surface area contributed by atoms with Gasteiger partial charge in [0.05, 0.1) is 66.5 Å². The van der Waals surface area contributed by atoms with Gasteiger partial charge in [0.15, 0.2) is 5.60 Å². The number of rotatable bonds is 6. The van der Waals surface area contributed by atoms with Crippen LogP contribution in [0.1, 0.15) is 117 Å². The number of carbonyl (C=O) groups is 2. The number of aromatic nitrogens is 6. The van der Waals surface area contributed by atoms with Crippen LogP contribution in [0.4, 0.5) is 9.59 Å². The Balaban J connectivity index is 0.000000173. The van der Waals surface area contributed by atoms with E-state index in [2.05, 4.69) is 38.0 Å². The third-order valence-corrected chi connectivity index (χ3v) is 15.1. The fourth-order valence-corrected chi connectivity index (χ4v) is 11.3. The molecular weight excluding hydrogens is 1000 g/mol. The molecule has 2 aromatic carbocycles. The topological polar surface area (TPSA) is 160 Å². The van der Waals surface area contributed by atoms with Crippen molar-refractivity contribution in [3.05, 3.63) is 164 Å². The number of hydrogen-bond acceptors (Lipinski definition) is 12. The first-order valence-electron chi connectivity index (χ1n) is 25.8. The highest BCUT2D eigenvalue weighted by atomic mass is 35.5. The van der Waals surface area contributed by atoms with Crippen molar-refractivity contribution in [2.45, 2.75) is 83.0 Å². The minimum atomic E-state index is -1.35. The van der Waals surface area contributed by atoms with Gasteiger partial charge in [-0.25, -0.2) is 19.6 Å². The lowest BCUT2D eigenvalue weighted by Crippen LogP contribution is -2.51. The molecule has 4 aromatic heterocycles. The number of aryl methyl sites for hydroxylation is 2. The maximum Gasteiger partial charge on any atom is 0.410 e. The van der Waals surface area contributed by atoms with Crippen molar-refractivity contribution in [3.63, 3.8) is 0 Å². The first kappa shape index (κ1) is 53.0. The number of piperazine rings is 2. The second kappa shape index (κ2) is 20.5. The second-order valence-corrected chi connectivity index (χ2v) is 23.2. The molecule has 76 heavy (non-hydrogen) atoms. The first-order chi connectivity index (χ1) is 36.1. The molecule has 6 aromatic rings. The number of halogens is 2. The van der Waals surface area contributed by atoms with Gasteiger partial charge in [-0.2, -0.15) is 0 Å². The van der Waals surface area contributed by atoms with Crippen LogP contribution in [0.2, 0.25) is 10.0 Å². The number of amides is 2. The molecule has 0 radical (unpaired) electrons. The SMILES string of the molecule is Cn1cncc1C(C)(O)C1=Cc2cccnc2[C@@H](N2CCN(C(=O)OC(C)(C)C)CC2)c2ccc(Cl)cc21.Cn1cncc1C1(C2=Cc3cccnc3[C@@H](N3CCN(C(=O)OC(C)(C)C)CC3)c3ccc(Cl)cc32)CO1. The molecule has 3 aliphatic heterocycles. The average Bonchev–Trinajstić information content (AvgIpc) is 4.00. The zero-order chi connectivity index (χ0) is 53.9. The number of carbonyl (C=O) groups excluding carboxylic acids is 2. The van der Waals surface area contributed by atoms with Crippen LogP contribution >= 0.6 is 23.2 Å². The summed E-state index contributed by atoms with van der Waals surface area (Å²) >= 11 is 13.1. The van der Waals surface area contributed by atoms with Gasteiger partial charge in [0.25, 0.3) is 0 Å². The Kier molecular flexibility index (Phi) is 14.3. The molecule has 3 saturated heterocycles. The Labute approximate surface area is 454 Å². The molecule has 0 bridgehead atoms. The normalized spacial score (nSPS) is 21.4. The smallest absolute Gasteiger partial charge is 0.410 e. The van der Waals surface area contributed by atoms with Crippen molar-refractivity contribution in [1.29, 1.82) is 0 Å². The lowest BCUT2D eigenvalue weighted by atomic mass is 9.84. The summed E-state index contributed by atoms with van der Waals surface area (Å²) in [6, 6.07) is 19.7. The van der Waals surface area contributed by atoms with E-state index in [0.29, 0.717) is 74.7 Å². The largest absolute Gasteiger partial charge is 0.444 e. The molecule has 2 aliphatic carbocycles. The van der Waals surface area contributed by atoms with Gasteiger partial charge in [-0.15, -0.1) is 0 Å². The summed E-state index contributed by atoms with van der Waals surface area (Å²) in [5, 5.41) is 13.2. The minimum absolute atomic E-state index is 0.102. The van der Waals surface area contributed by atoms with Crippen LogP contribution < -0.4 is 0 Å². The molecular formula is C58H66Cl2N10O6. The lowest BCUT2D eigenvalue weighted by Gasteiger charge is -2.40. The van der Waals surface area contributed by atoms with Crippen molar-refractivity contribution in [2.24, 2.45) is 14.1 Å². The van der Waals surface area contributed by atoms with Gasteiger partial charge in [0, 0.05) is 94.5 Å². The number of hydrogen-bond donors (Lipinski definition) is 1. The van der Waals surface area contributed by atoms with Gasteiger partial charge in [-0.1, -0.05) is 47.5 Å². The summed E-state index contributed by atoms with van der Waals surface area (Å²) in [5.74, 6) is 0. The molecule has 5 aliphatic rings. The monoisotopic (exact) mass is 1070 g/mol. The number of pyridine rings is 2. The number of ether oxygens (including phenoxy) is 3. The molecule has 3 fully saturated rings. The van der Waals surface area contributed by atoms with E-state index >= 15 is 0 Å². The maximum absolute atomic E-state index is 12.7. The zero-order valence-electron chi connectivity index (χ0n) is 44.6. The quantitative estimate of drug-likeness (QED) is 0.158. The number of epoxide rings is 1. The highest BCUT2D eigenvalue weighted by molar-refractivity contribution is 6.31. The van der Waals surface area contributed by atoms with Crippen LogP contribution in [-0.4, -0.2) is 136 Å². The Morgan fingerprint density at radius 3 is 1.59 bits per heavy atom. The predicted octanol–water partition coefficient (Wildman–Crippen LogP) is 9.76. The highest BCUT2D eigenvalue weighted by Crippen LogP contribution is 2.54. The van der Waals surface area contributed by atoms with Gasteiger partial charge in [-0.3, -0.25) is 19.8 Å². The molecule has 16 nitrogen and oxygen atoms in total. The average molecular weight is 1070 g/mol. The zero-order valence-corrected chi connectivity index (χ0v) is 46.1. The van der Waals surface area contributed by atoms with Crippen molar-refractivity contribution in [1.82, 2.24) is 48.7 Å². The summed E-state index contributed by atoms with van der Waals surface area (Å²) in [5.41, 5.74) is 8.36. The van der Waals surface area contributed by atoms with Crippen molar-refractivity contribution < 1.29 is 28.9 Å². The van der Waals surface area contributed by atoms with Crippen molar-refractivity contribution >= 4 is 58.7 Å².